The quantitative estimate of drug-likeness (QED) is 0.666. The molecule has 0 saturated heterocycles. The molecule has 6 nitrogen and oxygen atoms in total. The molecule has 0 radical (unpaired) electrons. The summed E-state index contributed by atoms with van der Waals surface area (Å²) in [6.07, 6.45) is 2.03. The molecule has 0 unspecified atom stereocenters. The Bertz CT molecular complexity index is 1130. The molecule has 2 atom stereocenters. The van der Waals surface area contributed by atoms with Crippen molar-refractivity contribution in [3.05, 3.63) is 70.5 Å². The predicted molar refractivity (Wildman–Crippen MR) is 114 cm³/mol. The topological polar surface area (TPSA) is 81.2 Å². The Morgan fingerprint density at radius 2 is 1.80 bits per heavy atom. The van der Waals surface area contributed by atoms with Crippen molar-refractivity contribution in [1.82, 2.24) is 15.3 Å². The Morgan fingerprint density at radius 1 is 1.07 bits per heavy atom. The van der Waals surface area contributed by atoms with Crippen LogP contribution in [0.4, 0.5) is 0 Å². The lowest BCUT2D eigenvalue weighted by molar-refractivity contribution is -0.130. The second kappa shape index (κ2) is 8.22. The van der Waals surface area contributed by atoms with Gasteiger partial charge in [0.05, 0.1) is 34.0 Å². The number of carbonyl (C=O) groups excluding carboxylic acids is 2. The molecule has 1 aliphatic carbocycles. The molecule has 3 aromatic rings. The molecule has 1 heterocycles. The number of fused-ring (bicyclic) bond motifs is 2. The van der Waals surface area contributed by atoms with E-state index in [0.29, 0.717) is 11.1 Å². The van der Waals surface area contributed by atoms with Gasteiger partial charge in [0.2, 0.25) is 0 Å². The van der Waals surface area contributed by atoms with Crippen LogP contribution in [0.3, 0.4) is 0 Å². The SMILES string of the molecule is Cc1nc2ccc(C(=O)O[C@@H](C)C(=O)N[C@H]3CCCc4ccccc43)cc2nc1C. The third kappa shape index (κ3) is 4.03. The number of benzene rings is 2. The van der Waals surface area contributed by atoms with E-state index in [4.69, 9.17) is 4.74 Å². The summed E-state index contributed by atoms with van der Waals surface area (Å²) < 4.78 is 5.43. The van der Waals surface area contributed by atoms with E-state index in [1.54, 1.807) is 25.1 Å². The monoisotopic (exact) mass is 403 g/mol. The Balaban J connectivity index is 1.44. The fourth-order valence-electron chi connectivity index (χ4n) is 3.83. The normalized spacial score (nSPS) is 16.6. The molecule has 1 amide bonds. The van der Waals surface area contributed by atoms with E-state index in [-0.39, 0.29) is 11.9 Å². The van der Waals surface area contributed by atoms with Gasteiger partial charge in [0.25, 0.3) is 5.91 Å². The van der Waals surface area contributed by atoms with Gasteiger partial charge in [-0.05, 0) is 69.4 Å². The minimum atomic E-state index is -0.895. The van der Waals surface area contributed by atoms with E-state index >= 15 is 0 Å². The van der Waals surface area contributed by atoms with Crippen molar-refractivity contribution in [1.29, 1.82) is 0 Å². The highest BCUT2D eigenvalue weighted by atomic mass is 16.5. The van der Waals surface area contributed by atoms with Crippen molar-refractivity contribution in [2.45, 2.75) is 52.2 Å². The summed E-state index contributed by atoms with van der Waals surface area (Å²) >= 11 is 0. The maximum Gasteiger partial charge on any atom is 0.338 e. The highest BCUT2D eigenvalue weighted by Gasteiger charge is 2.25. The van der Waals surface area contributed by atoms with Crippen molar-refractivity contribution in [2.24, 2.45) is 0 Å². The highest BCUT2D eigenvalue weighted by molar-refractivity contribution is 5.95. The van der Waals surface area contributed by atoms with Gasteiger partial charge in [-0.2, -0.15) is 0 Å². The molecule has 30 heavy (non-hydrogen) atoms. The van der Waals surface area contributed by atoms with Crippen LogP contribution < -0.4 is 5.32 Å². The summed E-state index contributed by atoms with van der Waals surface area (Å²) in [5.74, 6) is -0.847. The van der Waals surface area contributed by atoms with Gasteiger partial charge in [0.15, 0.2) is 6.10 Å². The van der Waals surface area contributed by atoms with E-state index in [1.165, 1.54) is 5.56 Å². The van der Waals surface area contributed by atoms with Gasteiger partial charge in [-0.25, -0.2) is 14.8 Å². The van der Waals surface area contributed by atoms with Crippen molar-refractivity contribution in [2.75, 3.05) is 0 Å². The van der Waals surface area contributed by atoms with Gasteiger partial charge in [-0.15, -0.1) is 0 Å². The molecule has 1 N–H and O–H groups in total. The number of nitrogens with one attached hydrogen (secondary N) is 1. The van der Waals surface area contributed by atoms with Crippen LogP contribution in [0.1, 0.15) is 58.7 Å². The molecule has 154 valence electrons. The molecular formula is C24H25N3O3. The second-order valence-electron chi connectivity index (χ2n) is 7.80. The average molecular weight is 403 g/mol. The van der Waals surface area contributed by atoms with Crippen LogP contribution in [0.5, 0.6) is 0 Å². The molecule has 0 fully saturated rings. The Morgan fingerprint density at radius 3 is 2.60 bits per heavy atom. The van der Waals surface area contributed by atoms with E-state index in [0.717, 1.165) is 41.7 Å². The number of aryl methyl sites for hydroxylation is 3. The zero-order valence-electron chi connectivity index (χ0n) is 17.4. The van der Waals surface area contributed by atoms with Gasteiger partial charge in [-0.1, -0.05) is 24.3 Å². The standard InChI is InChI=1S/C24H25N3O3/c1-14-15(2)26-22-13-18(11-12-21(22)25-14)24(29)30-16(3)23(28)27-20-10-6-8-17-7-4-5-9-19(17)20/h4-5,7,9,11-13,16,20H,6,8,10H2,1-3H3,(H,27,28)/t16-,20-/m0/s1. The van der Waals surface area contributed by atoms with Crippen molar-refractivity contribution >= 4 is 22.9 Å². The predicted octanol–water partition coefficient (Wildman–Crippen LogP) is 3.99. The maximum atomic E-state index is 12.7. The van der Waals surface area contributed by atoms with Crippen LogP contribution in [0.25, 0.3) is 11.0 Å². The fraction of sp³-hybridized carbons (Fsp3) is 0.333. The second-order valence-corrected chi connectivity index (χ2v) is 7.80. The number of rotatable bonds is 4. The third-order valence-electron chi connectivity index (χ3n) is 5.65. The van der Waals surface area contributed by atoms with Crippen molar-refractivity contribution < 1.29 is 14.3 Å². The largest absolute Gasteiger partial charge is 0.449 e. The summed E-state index contributed by atoms with van der Waals surface area (Å²) in [5, 5.41) is 3.04. The zero-order chi connectivity index (χ0) is 21.3. The first kappa shape index (κ1) is 20.0. The van der Waals surface area contributed by atoms with Crippen molar-refractivity contribution in [3.63, 3.8) is 0 Å². The lowest BCUT2D eigenvalue weighted by Crippen LogP contribution is -2.39. The average Bonchev–Trinajstić information content (AvgIpc) is 2.74. The lowest BCUT2D eigenvalue weighted by Gasteiger charge is -2.27. The summed E-state index contributed by atoms with van der Waals surface area (Å²) in [5.41, 5.74) is 5.78. The number of carbonyl (C=O) groups is 2. The number of ether oxygens (including phenoxy) is 1. The molecular weight excluding hydrogens is 378 g/mol. The number of amides is 1. The minimum absolute atomic E-state index is 0.0502. The fourth-order valence-corrected chi connectivity index (χ4v) is 3.83. The van der Waals surface area contributed by atoms with Crippen LogP contribution in [-0.2, 0) is 16.0 Å². The molecule has 1 aliphatic rings. The first-order valence-electron chi connectivity index (χ1n) is 10.3. The van der Waals surface area contributed by atoms with Crippen LogP contribution in [0.15, 0.2) is 42.5 Å². The first-order chi connectivity index (χ1) is 14.4. The van der Waals surface area contributed by atoms with Crippen LogP contribution >= 0.6 is 0 Å². The number of aromatic nitrogens is 2. The van der Waals surface area contributed by atoms with Gasteiger partial charge >= 0.3 is 5.97 Å². The molecule has 6 heteroatoms. The molecule has 2 aromatic carbocycles. The molecule has 0 aliphatic heterocycles. The molecule has 4 rings (SSSR count). The Hall–Kier alpha value is -3.28. The summed E-state index contributed by atoms with van der Waals surface area (Å²) in [7, 11) is 0. The van der Waals surface area contributed by atoms with Gasteiger partial charge < -0.3 is 10.1 Å². The number of esters is 1. The van der Waals surface area contributed by atoms with Crippen LogP contribution in [0.2, 0.25) is 0 Å². The number of nitrogens with zero attached hydrogens (tertiary/aromatic N) is 2. The lowest BCUT2D eigenvalue weighted by atomic mass is 9.87. The molecule has 0 bridgehead atoms. The van der Waals surface area contributed by atoms with Gasteiger partial charge in [-0.3, -0.25) is 4.79 Å². The van der Waals surface area contributed by atoms with E-state index in [2.05, 4.69) is 27.4 Å². The highest BCUT2D eigenvalue weighted by Crippen LogP contribution is 2.29. The number of hydrogen-bond acceptors (Lipinski definition) is 5. The molecule has 0 saturated carbocycles. The summed E-state index contributed by atoms with van der Waals surface area (Å²) in [6.45, 7) is 5.37. The van der Waals surface area contributed by atoms with E-state index < -0.39 is 12.1 Å². The van der Waals surface area contributed by atoms with Crippen molar-refractivity contribution in [3.8, 4) is 0 Å². The van der Waals surface area contributed by atoms with Gasteiger partial charge in [0, 0.05) is 0 Å². The molecule has 1 aromatic heterocycles. The zero-order valence-corrected chi connectivity index (χ0v) is 17.4. The van der Waals surface area contributed by atoms with Crippen LogP contribution in [-0.4, -0.2) is 27.9 Å². The van der Waals surface area contributed by atoms with Gasteiger partial charge in [0.1, 0.15) is 0 Å². The summed E-state index contributed by atoms with van der Waals surface area (Å²) in [4.78, 5) is 34.2. The minimum Gasteiger partial charge on any atom is -0.449 e. The molecule has 0 spiro atoms. The first-order valence-corrected chi connectivity index (χ1v) is 10.3. The number of hydrogen-bond donors (Lipinski definition) is 1. The van der Waals surface area contributed by atoms with Crippen LogP contribution in [0, 0.1) is 13.8 Å². The Labute approximate surface area is 175 Å². The van der Waals surface area contributed by atoms with E-state index in [9.17, 15) is 9.59 Å². The third-order valence-corrected chi connectivity index (χ3v) is 5.65. The summed E-state index contributed by atoms with van der Waals surface area (Å²) in [6, 6.07) is 13.2. The Kier molecular flexibility index (Phi) is 5.48. The van der Waals surface area contributed by atoms with E-state index in [1.807, 2.05) is 26.0 Å². The maximum absolute atomic E-state index is 12.7. The smallest absolute Gasteiger partial charge is 0.338 e.